The van der Waals surface area contributed by atoms with Crippen LogP contribution < -0.4 is 0 Å². The number of rotatable bonds is 8. The summed E-state index contributed by atoms with van der Waals surface area (Å²) >= 11 is 0. The van der Waals surface area contributed by atoms with Gasteiger partial charge in [-0.2, -0.15) is 0 Å². The maximum absolute atomic E-state index is 12.0. The van der Waals surface area contributed by atoms with E-state index < -0.39 is 0 Å². The summed E-state index contributed by atoms with van der Waals surface area (Å²) in [6.07, 6.45) is 8.68. The van der Waals surface area contributed by atoms with Crippen molar-refractivity contribution >= 4 is 11.9 Å². The summed E-state index contributed by atoms with van der Waals surface area (Å²) in [6.45, 7) is 0.808. The van der Waals surface area contributed by atoms with Crippen molar-refractivity contribution in [2.75, 3.05) is 20.3 Å². The monoisotopic (exact) mass is 354 g/mol. The van der Waals surface area contributed by atoms with Crippen LogP contribution in [0.15, 0.2) is 0 Å². The molecule has 142 valence electrons. The molecule has 3 rings (SSSR count). The molecule has 2 saturated carbocycles. The van der Waals surface area contributed by atoms with E-state index in [4.69, 9.17) is 18.9 Å². The van der Waals surface area contributed by atoms with E-state index in [2.05, 4.69) is 0 Å². The Bertz CT molecular complexity index is 457. The van der Waals surface area contributed by atoms with Crippen molar-refractivity contribution in [3.8, 4) is 0 Å². The Balaban J connectivity index is 1.19. The second-order valence-electron chi connectivity index (χ2n) is 7.47. The van der Waals surface area contributed by atoms with Gasteiger partial charge in [-0.15, -0.1) is 0 Å². The quantitative estimate of drug-likeness (QED) is 0.379. The number of unbranched alkanes of at least 4 members (excludes halogenated alkanes) is 1. The fourth-order valence-corrected chi connectivity index (χ4v) is 3.94. The largest absolute Gasteiger partial charge is 0.465 e. The van der Waals surface area contributed by atoms with Crippen molar-refractivity contribution in [1.82, 2.24) is 0 Å². The van der Waals surface area contributed by atoms with Gasteiger partial charge < -0.3 is 18.9 Å². The van der Waals surface area contributed by atoms with Gasteiger partial charge in [-0.1, -0.05) is 0 Å². The fraction of sp³-hybridized carbons (Fsp3) is 0.895. The Morgan fingerprint density at radius 1 is 0.840 bits per heavy atom. The summed E-state index contributed by atoms with van der Waals surface area (Å²) in [5, 5.41) is 0. The average Bonchev–Trinajstić information content (AvgIpc) is 3.43. The molecule has 3 aliphatic rings. The number of fused-ring (bicyclic) bond motifs is 1. The lowest BCUT2D eigenvalue weighted by Crippen LogP contribution is -2.27. The van der Waals surface area contributed by atoms with Gasteiger partial charge in [0.05, 0.1) is 43.4 Å². The molecule has 1 aliphatic heterocycles. The molecule has 1 heterocycles. The van der Waals surface area contributed by atoms with E-state index in [-0.39, 0.29) is 23.8 Å². The summed E-state index contributed by atoms with van der Waals surface area (Å²) in [5.41, 5.74) is 0. The Hall–Kier alpha value is -1.14. The van der Waals surface area contributed by atoms with Crippen LogP contribution in [0.4, 0.5) is 0 Å². The number of hydrogen-bond donors (Lipinski definition) is 0. The highest BCUT2D eigenvalue weighted by Crippen LogP contribution is 2.39. The minimum atomic E-state index is -0.0964. The lowest BCUT2D eigenvalue weighted by Gasteiger charge is -2.26. The molecule has 0 aromatic heterocycles. The third-order valence-corrected chi connectivity index (χ3v) is 5.71. The van der Waals surface area contributed by atoms with Crippen LogP contribution in [0.1, 0.15) is 57.8 Å². The van der Waals surface area contributed by atoms with Crippen LogP contribution in [-0.2, 0) is 28.5 Å². The Morgan fingerprint density at radius 3 is 2.04 bits per heavy atom. The van der Waals surface area contributed by atoms with Gasteiger partial charge in [0.2, 0.25) is 0 Å². The maximum Gasteiger partial charge on any atom is 0.309 e. The van der Waals surface area contributed by atoms with Gasteiger partial charge in [0, 0.05) is 7.11 Å². The minimum absolute atomic E-state index is 0.00352. The highest BCUT2D eigenvalue weighted by atomic mass is 16.6. The molecule has 3 atom stereocenters. The second kappa shape index (κ2) is 8.99. The molecular formula is C19H30O6. The second-order valence-corrected chi connectivity index (χ2v) is 7.47. The fourth-order valence-electron chi connectivity index (χ4n) is 3.94. The van der Waals surface area contributed by atoms with Gasteiger partial charge in [-0.05, 0) is 57.8 Å². The molecule has 2 aliphatic carbocycles. The predicted octanol–water partition coefficient (Wildman–Crippen LogP) is 2.63. The number of hydrogen-bond acceptors (Lipinski definition) is 6. The Morgan fingerprint density at radius 2 is 1.44 bits per heavy atom. The molecule has 3 unspecified atom stereocenters. The van der Waals surface area contributed by atoms with E-state index in [1.807, 2.05) is 0 Å². The first kappa shape index (κ1) is 18.6. The van der Waals surface area contributed by atoms with Gasteiger partial charge in [0.1, 0.15) is 0 Å². The van der Waals surface area contributed by atoms with Crippen LogP contribution in [-0.4, -0.2) is 50.6 Å². The summed E-state index contributed by atoms with van der Waals surface area (Å²) in [7, 11) is 1.72. The zero-order valence-electron chi connectivity index (χ0n) is 15.1. The number of ether oxygens (including phenoxy) is 4. The molecule has 0 bridgehead atoms. The van der Waals surface area contributed by atoms with Crippen molar-refractivity contribution in [3.63, 3.8) is 0 Å². The summed E-state index contributed by atoms with van der Waals surface area (Å²) in [5.74, 6) is -0.165. The van der Waals surface area contributed by atoms with Gasteiger partial charge in [-0.25, -0.2) is 0 Å². The van der Waals surface area contributed by atoms with Gasteiger partial charge >= 0.3 is 11.9 Å². The van der Waals surface area contributed by atoms with Crippen molar-refractivity contribution in [2.24, 2.45) is 11.8 Å². The molecular weight excluding hydrogens is 324 g/mol. The molecule has 25 heavy (non-hydrogen) atoms. The van der Waals surface area contributed by atoms with E-state index in [1.54, 1.807) is 7.11 Å². The molecule has 3 fully saturated rings. The number of carbonyl (C=O) groups is 2. The first-order valence-electron chi connectivity index (χ1n) is 9.69. The molecule has 0 aromatic carbocycles. The van der Waals surface area contributed by atoms with E-state index in [0.717, 1.165) is 57.8 Å². The van der Waals surface area contributed by atoms with Gasteiger partial charge in [-0.3, -0.25) is 9.59 Å². The molecule has 6 nitrogen and oxygen atoms in total. The number of epoxide rings is 1. The van der Waals surface area contributed by atoms with Gasteiger partial charge in [0.25, 0.3) is 0 Å². The SMILES string of the molecule is COC1CCC(C(=O)OCCCCOC(=O)C2CCC3OC3C2)CC1. The van der Waals surface area contributed by atoms with Crippen molar-refractivity contribution in [1.29, 1.82) is 0 Å². The van der Waals surface area contributed by atoms with Crippen LogP contribution in [0.25, 0.3) is 0 Å². The van der Waals surface area contributed by atoms with E-state index in [9.17, 15) is 9.59 Å². The third kappa shape index (κ3) is 5.42. The summed E-state index contributed by atoms with van der Waals surface area (Å²) in [6, 6.07) is 0. The molecule has 0 spiro atoms. The summed E-state index contributed by atoms with van der Waals surface area (Å²) < 4.78 is 21.5. The van der Waals surface area contributed by atoms with Crippen molar-refractivity contribution < 1.29 is 28.5 Å². The molecule has 0 amide bonds. The van der Waals surface area contributed by atoms with E-state index in [0.29, 0.717) is 31.5 Å². The summed E-state index contributed by atoms with van der Waals surface area (Å²) in [4.78, 5) is 24.0. The standard InChI is InChI=1S/C19H30O6/c1-22-15-7-4-13(5-8-15)18(20)23-10-2-3-11-24-19(21)14-6-9-16-17(12-14)25-16/h13-17H,2-12H2,1H3. The third-order valence-electron chi connectivity index (χ3n) is 5.71. The first-order valence-corrected chi connectivity index (χ1v) is 9.69. The van der Waals surface area contributed by atoms with E-state index in [1.165, 1.54) is 0 Å². The van der Waals surface area contributed by atoms with Gasteiger partial charge in [0.15, 0.2) is 0 Å². The number of esters is 2. The Kier molecular flexibility index (Phi) is 6.70. The first-order chi connectivity index (χ1) is 12.2. The highest BCUT2D eigenvalue weighted by molar-refractivity contribution is 5.73. The smallest absolute Gasteiger partial charge is 0.309 e. The maximum atomic E-state index is 12.0. The zero-order valence-corrected chi connectivity index (χ0v) is 15.1. The minimum Gasteiger partial charge on any atom is -0.465 e. The molecule has 0 N–H and O–H groups in total. The predicted molar refractivity (Wildman–Crippen MR) is 89.9 cm³/mol. The van der Waals surface area contributed by atoms with Crippen molar-refractivity contribution in [2.45, 2.75) is 76.1 Å². The molecule has 6 heteroatoms. The zero-order chi connectivity index (χ0) is 17.6. The Labute approximate surface area is 149 Å². The van der Waals surface area contributed by atoms with Crippen LogP contribution in [0.3, 0.4) is 0 Å². The van der Waals surface area contributed by atoms with Crippen molar-refractivity contribution in [3.05, 3.63) is 0 Å². The van der Waals surface area contributed by atoms with Crippen LogP contribution in [0, 0.1) is 11.8 Å². The van der Waals surface area contributed by atoms with Crippen LogP contribution in [0.2, 0.25) is 0 Å². The number of methoxy groups -OCH3 is 1. The lowest BCUT2D eigenvalue weighted by atomic mass is 9.87. The average molecular weight is 354 g/mol. The molecule has 1 saturated heterocycles. The van der Waals surface area contributed by atoms with Crippen LogP contribution >= 0.6 is 0 Å². The molecule has 0 radical (unpaired) electrons. The normalized spacial score (nSPS) is 34.0. The topological polar surface area (TPSA) is 74.4 Å². The molecule has 0 aromatic rings. The lowest BCUT2D eigenvalue weighted by molar-refractivity contribution is -0.152. The van der Waals surface area contributed by atoms with E-state index >= 15 is 0 Å². The number of carbonyl (C=O) groups excluding carboxylic acids is 2. The highest BCUT2D eigenvalue weighted by Gasteiger charge is 2.46. The van der Waals surface area contributed by atoms with Crippen LogP contribution in [0.5, 0.6) is 0 Å².